The third-order valence-electron chi connectivity index (χ3n) is 11.3. The van der Waals surface area contributed by atoms with Crippen molar-refractivity contribution in [3.63, 3.8) is 0 Å². The van der Waals surface area contributed by atoms with Crippen molar-refractivity contribution in [3.05, 3.63) is 23.3 Å². The highest BCUT2D eigenvalue weighted by atomic mass is 16.3. The molecule has 4 fully saturated rings. The highest BCUT2D eigenvalue weighted by molar-refractivity contribution is 5.36. The van der Waals surface area contributed by atoms with Gasteiger partial charge in [-0.25, -0.2) is 0 Å². The van der Waals surface area contributed by atoms with Gasteiger partial charge in [-0.1, -0.05) is 37.1 Å². The van der Waals surface area contributed by atoms with Gasteiger partial charge in [-0.05, 0) is 125 Å². The zero-order chi connectivity index (χ0) is 22.0. The van der Waals surface area contributed by atoms with Crippen LogP contribution < -0.4 is 0 Å². The molecule has 0 amide bonds. The summed E-state index contributed by atoms with van der Waals surface area (Å²) >= 11 is 0. The summed E-state index contributed by atoms with van der Waals surface area (Å²) in [7, 11) is 0. The first-order chi connectivity index (χ1) is 14.8. The van der Waals surface area contributed by atoms with Crippen LogP contribution in [0.2, 0.25) is 0 Å². The fraction of sp³-hybridized carbons (Fsp3) is 0.862. The lowest BCUT2D eigenvalue weighted by atomic mass is 9.45. The lowest BCUT2D eigenvalue weighted by molar-refractivity contribution is -0.0726. The molecule has 2 N–H and O–H groups in total. The van der Waals surface area contributed by atoms with Gasteiger partial charge in [-0.3, -0.25) is 0 Å². The molecule has 0 aromatic carbocycles. The average molecular weight is 427 g/mol. The van der Waals surface area contributed by atoms with Crippen molar-refractivity contribution in [1.82, 2.24) is 0 Å². The molecule has 31 heavy (non-hydrogen) atoms. The lowest BCUT2D eigenvalue weighted by Gasteiger charge is -2.60. The maximum absolute atomic E-state index is 10.8. The van der Waals surface area contributed by atoms with Crippen LogP contribution in [0.3, 0.4) is 0 Å². The van der Waals surface area contributed by atoms with Gasteiger partial charge in [0.1, 0.15) is 0 Å². The normalized spacial score (nSPS) is 45.9. The second-order valence-electron chi connectivity index (χ2n) is 12.9. The zero-order valence-electron chi connectivity index (χ0n) is 20.5. The summed E-state index contributed by atoms with van der Waals surface area (Å²) in [5.74, 6) is 3.61. The molecule has 0 aliphatic heterocycles. The van der Waals surface area contributed by atoms with Crippen LogP contribution in [-0.2, 0) is 0 Å². The average Bonchev–Trinajstić information content (AvgIpc) is 3.44. The molecule has 5 rings (SSSR count). The topological polar surface area (TPSA) is 40.5 Å². The van der Waals surface area contributed by atoms with Crippen LogP contribution in [0.5, 0.6) is 0 Å². The Morgan fingerprint density at radius 3 is 2.52 bits per heavy atom. The molecule has 0 aromatic rings. The van der Waals surface area contributed by atoms with Crippen molar-refractivity contribution in [2.75, 3.05) is 6.61 Å². The van der Waals surface area contributed by atoms with Crippen LogP contribution in [0.25, 0.3) is 0 Å². The highest BCUT2D eigenvalue weighted by Gasteiger charge is 2.65. The van der Waals surface area contributed by atoms with E-state index in [1.54, 1.807) is 5.57 Å². The largest absolute Gasteiger partial charge is 0.396 e. The van der Waals surface area contributed by atoms with Crippen molar-refractivity contribution >= 4 is 0 Å². The Morgan fingerprint density at radius 2 is 1.84 bits per heavy atom. The van der Waals surface area contributed by atoms with Gasteiger partial charge in [0.05, 0.1) is 6.10 Å². The Balaban J connectivity index is 1.38. The first kappa shape index (κ1) is 22.2. The van der Waals surface area contributed by atoms with Crippen LogP contribution in [0.15, 0.2) is 23.3 Å². The maximum atomic E-state index is 10.8. The number of fused-ring (bicyclic) bond motifs is 6. The monoisotopic (exact) mass is 426 g/mol. The maximum Gasteiger partial charge on any atom is 0.0634 e. The van der Waals surface area contributed by atoms with Crippen molar-refractivity contribution in [2.24, 2.45) is 45.8 Å². The van der Waals surface area contributed by atoms with E-state index in [-0.39, 0.29) is 11.5 Å². The van der Waals surface area contributed by atoms with Gasteiger partial charge in [0, 0.05) is 12.0 Å². The van der Waals surface area contributed by atoms with E-state index in [4.69, 9.17) is 0 Å². The molecule has 0 radical (unpaired) electrons. The minimum absolute atomic E-state index is 0.0841. The second kappa shape index (κ2) is 7.73. The molecule has 0 heterocycles. The van der Waals surface area contributed by atoms with Crippen molar-refractivity contribution < 1.29 is 10.2 Å². The Morgan fingerprint density at radius 1 is 1.06 bits per heavy atom. The molecule has 174 valence electrons. The van der Waals surface area contributed by atoms with Gasteiger partial charge in [0.25, 0.3) is 0 Å². The molecule has 8 atom stereocenters. The van der Waals surface area contributed by atoms with Gasteiger partial charge in [0.2, 0.25) is 0 Å². The number of hydrogen-bond acceptors (Lipinski definition) is 2. The van der Waals surface area contributed by atoms with E-state index in [0.29, 0.717) is 29.3 Å². The summed E-state index contributed by atoms with van der Waals surface area (Å²) in [5.41, 5.74) is 3.99. The SMILES string of the molecule is CC(C)=CCC[C@@H](CO)[C@H]1CC[C@H]2[C@@H]3CC=C4C5(CC5)[C@H](O)CC[C@]4(C)[C@H]3CC[C@]12C. The second-order valence-corrected chi connectivity index (χ2v) is 12.9. The van der Waals surface area contributed by atoms with Gasteiger partial charge in [-0.2, -0.15) is 0 Å². The molecular formula is C29H46O2. The van der Waals surface area contributed by atoms with Gasteiger partial charge in [-0.15, -0.1) is 0 Å². The molecule has 0 unspecified atom stereocenters. The van der Waals surface area contributed by atoms with Crippen molar-refractivity contribution in [3.8, 4) is 0 Å². The Hall–Kier alpha value is -0.600. The van der Waals surface area contributed by atoms with Crippen molar-refractivity contribution in [2.45, 2.75) is 104 Å². The first-order valence-electron chi connectivity index (χ1n) is 13.4. The van der Waals surface area contributed by atoms with E-state index in [9.17, 15) is 10.2 Å². The summed E-state index contributed by atoms with van der Waals surface area (Å²) in [4.78, 5) is 0. The molecule has 0 aromatic heterocycles. The molecule has 2 heteroatoms. The van der Waals surface area contributed by atoms with Crippen LogP contribution in [-0.4, -0.2) is 22.9 Å². The Kier molecular flexibility index (Phi) is 5.53. The number of allylic oxidation sites excluding steroid dienone is 3. The number of hydrogen-bond donors (Lipinski definition) is 2. The summed E-state index contributed by atoms with van der Waals surface area (Å²) in [5, 5.41) is 21.1. The first-order valence-corrected chi connectivity index (χ1v) is 13.4. The summed E-state index contributed by atoms with van der Waals surface area (Å²) in [6, 6.07) is 0. The van der Waals surface area contributed by atoms with Crippen LogP contribution in [0, 0.1) is 45.8 Å². The highest BCUT2D eigenvalue weighted by Crippen LogP contribution is 2.72. The molecule has 5 aliphatic rings. The van der Waals surface area contributed by atoms with E-state index < -0.39 is 0 Å². The van der Waals surface area contributed by atoms with Crippen LogP contribution >= 0.6 is 0 Å². The predicted octanol–water partition coefficient (Wildman–Crippen LogP) is 6.67. The van der Waals surface area contributed by atoms with E-state index in [2.05, 4.69) is 39.8 Å². The molecule has 0 saturated heterocycles. The standard InChI is InChI=1S/C29H46O2/c1-19(2)6-5-7-20(18-30)22-9-10-23-21-8-11-25-28(4,24(21)12-14-27(22,23)3)15-13-26(31)29(25)16-17-29/h6,11,20-24,26,30-31H,5,7-10,12-18H2,1-4H3/t20-,21-,22+,23-,24-,26+,27+,28+/m0/s1. The van der Waals surface area contributed by atoms with Crippen LogP contribution in [0.1, 0.15) is 98.3 Å². The Labute approximate surface area is 190 Å². The number of aliphatic hydroxyl groups excluding tert-OH is 2. The summed E-state index contributed by atoms with van der Waals surface area (Å²) in [6.07, 6.45) is 18.5. The zero-order valence-corrected chi connectivity index (χ0v) is 20.5. The van der Waals surface area contributed by atoms with Crippen LogP contribution in [0.4, 0.5) is 0 Å². The number of aliphatic hydroxyl groups is 2. The number of rotatable bonds is 5. The fourth-order valence-electron chi connectivity index (χ4n) is 9.64. The fourth-order valence-corrected chi connectivity index (χ4v) is 9.64. The molecule has 0 bridgehead atoms. The molecule has 2 nitrogen and oxygen atoms in total. The minimum Gasteiger partial charge on any atom is -0.396 e. The van der Waals surface area contributed by atoms with Crippen molar-refractivity contribution in [1.29, 1.82) is 0 Å². The van der Waals surface area contributed by atoms with E-state index in [1.807, 2.05) is 0 Å². The smallest absolute Gasteiger partial charge is 0.0634 e. The predicted molar refractivity (Wildman–Crippen MR) is 127 cm³/mol. The van der Waals surface area contributed by atoms with Gasteiger partial charge < -0.3 is 10.2 Å². The van der Waals surface area contributed by atoms with E-state index >= 15 is 0 Å². The minimum atomic E-state index is -0.0841. The molecule has 4 saturated carbocycles. The van der Waals surface area contributed by atoms with Gasteiger partial charge >= 0.3 is 0 Å². The molecule has 1 spiro atoms. The summed E-state index contributed by atoms with van der Waals surface area (Å²) in [6.45, 7) is 9.91. The lowest BCUT2D eigenvalue weighted by Crippen LogP contribution is -2.53. The quantitative estimate of drug-likeness (QED) is 0.482. The third-order valence-corrected chi connectivity index (χ3v) is 11.3. The van der Waals surface area contributed by atoms with E-state index in [0.717, 1.165) is 37.0 Å². The Bertz CT molecular complexity index is 757. The van der Waals surface area contributed by atoms with Gasteiger partial charge in [0.15, 0.2) is 0 Å². The molecular weight excluding hydrogens is 380 g/mol. The van der Waals surface area contributed by atoms with E-state index in [1.165, 1.54) is 56.9 Å². The summed E-state index contributed by atoms with van der Waals surface area (Å²) < 4.78 is 0. The third kappa shape index (κ3) is 3.25. The molecule has 5 aliphatic carbocycles.